The van der Waals surface area contributed by atoms with Gasteiger partial charge in [0.25, 0.3) is 0 Å². The van der Waals surface area contributed by atoms with Crippen LogP contribution < -0.4 is 0 Å². The topological polar surface area (TPSA) is 32.7 Å². The molecule has 16 heavy (non-hydrogen) atoms. The van der Waals surface area contributed by atoms with Crippen molar-refractivity contribution in [1.29, 1.82) is 0 Å². The van der Waals surface area contributed by atoms with E-state index in [1.54, 1.807) is 6.07 Å². The van der Waals surface area contributed by atoms with E-state index in [0.29, 0.717) is 5.75 Å². The maximum atomic E-state index is 9.61. The molecular weight excluding hydrogens is 202 g/mol. The number of phenols is 1. The van der Waals surface area contributed by atoms with Gasteiger partial charge in [-0.2, -0.15) is 0 Å². The highest BCUT2D eigenvalue weighted by atomic mass is 16.5. The summed E-state index contributed by atoms with van der Waals surface area (Å²) in [6.45, 7) is 4.90. The molecule has 2 rings (SSSR count). The van der Waals surface area contributed by atoms with Gasteiger partial charge in [0.1, 0.15) is 5.75 Å². The molecule has 0 bridgehead atoms. The predicted molar refractivity (Wildman–Crippen MR) is 63.7 cm³/mol. The Balaban J connectivity index is 1.73. The molecule has 0 aromatic heterocycles. The maximum absolute atomic E-state index is 9.61. The first kappa shape index (κ1) is 11.4. The van der Waals surface area contributed by atoms with E-state index in [4.69, 9.17) is 4.74 Å². The molecule has 0 unspecified atom stereocenters. The summed E-state index contributed by atoms with van der Waals surface area (Å²) in [5, 5.41) is 9.61. The normalized spacial score (nSPS) is 17.5. The van der Waals surface area contributed by atoms with Crippen molar-refractivity contribution in [3.05, 3.63) is 29.8 Å². The summed E-state index contributed by atoms with van der Waals surface area (Å²) < 4.78 is 5.30. The van der Waals surface area contributed by atoms with Crippen molar-refractivity contribution in [1.82, 2.24) is 4.90 Å². The molecular formula is C13H19NO2. The zero-order chi connectivity index (χ0) is 11.2. The van der Waals surface area contributed by atoms with Gasteiger partial charge in [0.2, 0.25) is 0 Å². The first-order valence-electron chi connectivity index (χ1n) is 5.93. The molecule has 1 aliphatic rings. The number of para-hydroxylation sites is 1. The highest BCUT2D eigenvalue weighted by Gasteiger charge is 2.09. The summed E-state index contributed by atoms with van der Waals surface area (Å²) in [5.41, 5.74) is 1.05. The number of benzene rings is 1. The fourth-order valence-electron chi connectivity index (χ4n) is 2.04. The molecule has 1 aromatic carbocycles. The molecule has 3 heteroatoms. The fraction of sp³-hybridized carbons (Fsp3) is 0.538. The molecule has 1 saturated heterocycles. The zero-order valence-corrected chi connectivity index (χ0v) is 9.56. The van der Waals surface area contributed by atoms with Crippen molar-refractivity contribution in [2.45, 2.75) is 12.8 Å². The molecule has 1 aromatic rings. The van der Waals surface area contributed by atoms with Crippen LogP contribution in [0, 0.1) is 0 Å². The van der Waals surface area contributed by atoms with Crippen molar-refractivity contribution < 1.29 is 9.84 Å². The van der Waals surface area contributed by atoms with E-state index in [1.807, 2.05) is 18.2 Å². The largest absolute Gasteiger partial charge is 0.508 e. The third-order valence-corrected chi connectivity index (χ3v) is 3.02. The third kappa shape index (κ3) is 3.22. The van der Waals surface area contributed by atoms with Crippen LogP contribution in [-0.4, -0.2) is 42.9 Å². The highest BCUT2D eigenvalue weighted by molar-refractivity contribution is 5.31. The number of nitrogens with zero attached hydrogens (tertiary/aromatic N) is 1. The first-order chi connectivity index (χ1) is 7.86. The Labute approximate surface area is 96.6 Å². The molecule has 88 valence electrons. The number of rotatable bonds is 4. The molecule has 0 aliphatic carbocycles. The summed E-state index contributed by atoms with van der Waals surface area (Å²) >= 11 is 0. The second-order valence-corrected chi connectivity index (χ2v) is 4.19. The molecule has 0 atom stereocenters. The van der Waals surface area contributed by atoms with Gasteiger partial charge in [-0.05, 0) is 31.0 Å². The number of ether oxygens (including phenoxy) is 1. The Bertz CT molecular complexity index is 321. The van der Waals surface area contributed by atoms with Crippen molar-refractivity contribution in [2.75, 3.05) is 32.8 Å². The minimum atomic E-state index is 0.421. The van der Waals surface area contributed by atoms with E-state index in [1.165, 1.54) is 0 Å². The van der Waals surface area contributed by atoms with Crippen molar-refractivity contribution in [3.63, 3.8) is 0 Å². The minimum absolute atomic E-state index is 0.421. The lowest BCUT2D eigenvalue weighted by atomic mass is 10.1. The number of morpholine rings is 1. The predicted octanol–water partition coefficient (Wildman–Crippen LogP) is 1.66. The standard InChI is InChI=1S/C13H19NO2/c15-13-6-2-1-4-12(13)5-3-7-14-8-10-16-11-9-14/h1-2,4,6,15H,3,5,7-11H2. The van der Waals surface area contributed by atoms with Crippen LogP contribution in [0.15, 0.2) is 24.3 Å². The highest BCUT2D eigenvalue weighted by Crippen LogP contribution is 2.17. The number of phenolic OH excluding ortho intramolecular Hbond substituents is 1. The Morgan fingerprint density at radius 3 is 2.69 bits per heavy atom. The molecule has 3 nitrogen and oxygen atoms in total. The van der Waals surface area contributed by atoms with E-state index in [2.05, 4.69) is 4.90 Å². The second kappa shape index (κ2) is 5.87. The van der Waals surface area contributed by atoms with Crippen LogP contribution >= 0.6 is 0 Å². The van der Waals surface area contributed by atoms with Crippen LogP contribution in [0.1, 0.15) is 12.0 Å². The van der Waals surface area contributed by atoms with Crippen LogP contribution in [0.5, 0.6) is 5.75 Å². The van der Waals surface area contributed by atoms with Gasteiger partial charge in [-0.1, -0.05) is 18.2 Å². The molecule has 1 N–H and O–H groups in total. The van der Waals surface area contributed by atoms with Gasteiger partial charge in [-0.3, -0.25) is 4.90 Å². The monoisotopic (exact) mass is 221 g/mol. The average molecular weight is 221 g/mol. The fourth-order valence-corrected chi connectivity index (χ4v) is 2.04. The smallest absolute Gasteiger partial charge is 0.118 e. The van der Waals surface area contributed by atoms with Crippen molar-refractivity contribution >= 4 is 0 Å². The minimum Gasteiger partial charge on any atom is -0.508 e. The van der Waals surface area contributed by atoms with Crippen molar-refractivity contribution in [3.8, 4) is 5.75 Å². The molecule has 0 spiro atoms. The summed E-state index contributed by atoms with van der Waals surface area (Å²) in [6, 6.07) is 7.59. The molecule has 1 aliphatic heterocycles. The lowest BCUT2D eigenvalue weighted by Crippen LogP contribution is -2.36. The van der Waals surface area contributed by atoms with Gasteiger partial charge < -0.3 is 9.84 Å². The van der Waals surface area contributed by atoms with Crippen LogP contribution in [0.2, 0.25) is 0 Å². The van der Waals surface area contributed by atoms with E-state index in [9.17, 15) is 5.11 Å². The average Bonchev–Trinajstić information content (AvgIpc) is 2.33. The van der Waals surface area contributed by atoms with Gasteiger partial charge in [-0.15, -0.1) is 0 Å². The van der Waals surface area contributed by atoms with Crippen LogP contribution in [0.3, 0.4) is 0 Å². The molecule has 1 heterocycles. The molecule has 0 saturated carbocycles. The van der Waals surface area contributed by atoms with E-state index >= 15 is 0 Å². The molecule has 0 amide bonds. The lowest BCUT2D eigenvalue weighted by molar-refractivity contribution is 0.0374. The van der Waals surface area contributed by atoms with Crippen LogP contribution in [0.25, 0.3) is 0 Å². The maximum Gasteiger partial charge on any atom is 0.118 e. The number of hydrogen-bond acceptors (Lipinski definition) is 3. The SMILES string of the molecule is Oc1ccccc1CCCN1CCOCC1. The van der Waals surface area contributed by atoms with Crippen LogP contribution in [0.4, 0.5) is 0 Å². The van der Waals surface area contributed by atoms with Gasteiger partial charge in [0, 0.05) is 13.1 Å². The second-order valence-electron chi connectivity index (χ2n) is 4.19. The first-order valence-corrected chi connectivity index (χ1v) is 5.93. The number of aryl methyl sites for hydroxylation is 1. The van der Waals surface area contributed by atoms with E-state index in [-0.39, 0.29) is 0 Å². The molecule has 1 fully saturated rings. The van der Waals surface area contributed by atoms with Gasteiger partial charge >= 0.3 is 0 Å². The van der Waals surface area contributed by atoms with E-state index in [0.717, 1.165) is 51.3 Å². The zero-order valence-electron chi connectivity index (χ0n) is 9.56. The van der Waals surface area contributed by atoms with Gasteiger partial charge in [0.05, 0.1) is 13.2 Å². The van der Waals surface area contributed by atoms with Crippen molar-refractivity contribution in [2.24, 2.45) is 0 Å². The Morgan fingerprint density at radius 2 is 1.94 bits per heavy atom. The van der Waals surface area contributed by atoms with Gasteiger partial charge in [-0.25, -0.2) is 0 Å². The summed E-state index contributed by atoms with van der Waals surface area (Å²) in [6.07, 6.45) is 2.04. The lowest BCUT2D eigenvalue weighted by Gasteiger charge is -2.26. The Hall–Kier alpha value is -1.06. The van der Waals surface area contributed by atoms with Crippen LogP contribution in [-0.2, 0) is 11.2 Å². The number of aromatic hydroxyl groups is 1. The Morgan fingerprint density at radius 1 is 1.19 bits per heavy atom. The third-order valence-electron chi connectivity index (χ3n) is 3.02. The van der Waals surface area contributed by atoms with E-state index < -0.39 is 0 Å². The summed E-state index contributed by atoms with van der Waals surface area (Å²) in [4.78, 5) is 2.42. The molecule has 0 radical (unpaired) electrons. The quantitative estimate of drug-likeness (QED) is 0.839. The Kier molecular flexibility index (Phi) is 4.19. The summed E-state index contributed by atoms with van der Waals surface area (Å²) in [5.74, 6) is 0.421. The number of hydrogen-bond donors (Lipinski definition) is 1. The summed E-state index contributed by atoms with van der Waals surface area (Å²) in [7, 11) is 0. The van der Waals surface area contributed by atoms with Gasteiger partial charge in [0.15, 0.2) is 0 Å².